The summed E-state index contributed by atoms with van der Waals surface area (Å²) < 4.78 is 5.68. The zero-order valence-electron chi connectivity index (χ0n) is 18.3. The highest BCUT2D eigenvalue weighted by Crippen LogP contribution is 2.31. The molecule has 0 fully saturated rings. The van der Waals surface area contributed by atoms with Crippen molar-refractivity contribution in [1.29, 1.82) is 0 Å². The molecule has 0 aliphatic rings. The van der Waals surface area contributed by atoms with Gasteiger partial charge in [0.15, 0.2) is 5.78 Å². The Labute approximate surface area is 197 Å². The number of allylic oxidation sites excluding steroid dienone is 1. The first-order valence-corrected chi connectivity index (χ1v) is 11.3. The van der Waals surface area contributed by atoms with Crippen molar-refractivity contribution in [2.24, 2.45) is 0 Å². The van der Waals surface area contributed by atoms with Crippen LogP contribution >= 0.6 is 11.6 Å². The van der Waals surface area contributed by atoms with E-state index in [2.05, 4.69) is 11.9 Å². The van der Waals surface area contributed by atoms with Gasteiger partial charge in [0.25, 0.3) is 5.56 Å². The van der Waals surface area contributed by atoms with E-state index < -0.39 is 5.56 Å². The van der Waals surface area contributed by atoms with Crippen LogP contribution in [0.25, 0.3) is 28.1 Å². The molecule has 0 radical (unpaired) electrons. The maximum atomic E-state index is 13.2. The number of aromatic amines is 1. The first-order chi connectivity index (χ1) is 16.1. The average molecular weight is 458 g/mol. The van der Waals surface area contributed by atoms with Crippen LogP contribution in [-0.4, -0.2) is 17.4 Å². The predicted molar refractivity (Wildman–Crippen MR) is 135 cm³/mol. The van der Waals surface area contributed by atoms with Crippen molar-refractivity contribution in [3.05, 3.63) is 105 Å². The van der Waals surface area contributed by atoms with Gasteiger partial charge in [-0.05, 0) is 54.0 Å². The van der Waals surface area contributed by atoms with Gasteiger partial charge in [-0.2, -0.15) is 0 Å². The van der Waals surface area contributed by atoms with E-state index in [0.29, 0.717) is 22.7 Å². The molecule has 166 valence electrons. The van der Waals surface area contributed by atoms with E-state index in [1.165, 1.54) is 6.08 Å². The van der Waals surface area contributed by atoms with E-state index in [1.807, 2.05) is 54.6 Å². The van der Waals surface area contributed by atoms with Crippen molar-refractivity contribution in [1.82, 2.24) is 4.98 Å². The maximum absolute atomic E-state index is 13.2. The molecule has 0 aliphatic heterocycles. The van der Waals surface area contributed by atoms with Gasteiger partial charge in [0, 0.05) is 21.5 Å². The molecule has 0 unspecified atom stereocenters. The zero-order valence-corrected chi connectivity index (χ0v) is 19.1. The Morgan fingerprint density at radius 1 is 1.03 bits per heavy atom. The third-order valence-corrected chi connectivity index (χ3v) is 5.59. The van der Waals surface area contributed by atoms with Crippen LogP contribution in [-0.2, 0) is 0 Å². The largest absolute Gasteiger partial charge is 0.494 e. The minimum atomic E-state index is -0.432. The molecule has 0 saturated heterocycles. The number of H-pyrrole nitrogens is 1. The quantitative estimate of drug-likeness (QED) is 0.177. The maximum Gasteiger partial charge on any atom is 0.260 e. The Balaban J connectivity index is 1.71. The Hall–Kier alpha value is -3.63. The number of aromatic nitrogens is 1. The van der Waals surface area contributed by atoms with Gasteiger partial charge in [-0.1, -0.05) is 73.5 Å². The van der Waals surface area contributed by atoms with Gasteiger partial charge in [0.05, 0.1) is 12.2 Å². The normalized spacial score (nSPS) is 11.2. The highest BCUT2D eigenvalue weighted by atomic mass is 35.5. The number of fused-ring (bicyclic) bond motifs is 1. The summed E-state index contributed by atoms with van der Waals surface area (Å²) >= 11 is 6.24. The van der Waals surface area contributed by atoms with E-state index in [4.69, 9.17) is 16.3 Å². The summed E-state index contributed by atoms with van der Waals surface area (Å²) in [6.07, 6.45) is 5.22. The summed E-state index contributed by atoms with van der Waals surface area (Å²) in [6, 6.07) is 22.2. The zero-order chi connectivity index (χ0) is 23.2. The molecule has 4 rings (SSSR count). The van der Waals surface area contributed by atoms with Crippen molar-refractivity contribution < 1.29 is 9.53 Å². The summed E-state index contributed by atoms with van der Waals surface area (Å²) in [5, 5.41) is 1.25. The molecular formula is C28H24ClNO3. The van der Waals surface area contributed by atoms with Crippen molar-refractivity contribution in [2.45, 2.75) is 19.8 Å². The summed E-state index contributed by atoms with van der Waals surface area (Å²) in [7, 11) is 0. The Morgan fingerprint density at radius 3 is 2.52 bits per heavy atom. The third kappa shape index (κ3) is 5.24. The van der Waals surface area contributed by atoms with E-state index in [1.54, 1.807) is 24.3 Å². The molecule has 0 aliphatic carbocycles. The van der Waals surface area contributed by atoms with Crippen LogP contribution in [0.2, 0.25) is 5.02 Å². The minimum absolute atomic E-state index is 0.0896. The van der Waals surface area contributed by atoms with Crippen LogP contribution in [0.4, 0.5) is 0 Å². The number of benzene rings is 3. The smallest absolute Gasteiger partial charge is 0.260 e. The number of ketones is 1. The van der Waals surface area contributed by atoms with Crippen LogP contribution in [0.3, 0.4) is 0 Å². The average Bonchev–Trinajstić information content (AvgIpc) is 2.83. The Bertz CT molecular complexity index is 1360. The van der Waals surface area contributed by atoms with Gasteiger partial charge in [-0.15, -0.1) is 0 Å². The Morgan fingerprint density at radius 2 is 1.79 bits per heavy atom. The van der Waals surface area contributed by atoms with E-state index >= 15 is 0 Å². The fourth-order valence-electron chi connectivity index (χ4n) is 3.67. The van der Waals surface area contributed by atoms with Crippen LogP contribution in [0.1, 0.15) is 35.7 Å². The standard InChI is InChI=1S/C28H24ClNO3/c1-2-3-17-33-22-13-9-19(10-14-22)11-16-25(31)27-26(20-7-5-4-6-8-20)23-18-21(29)12-15-24(23)30-28(27)32/h4-16,18H,2-3,17H2,1H3,(H,30,32). The van der Waals surface area contributed by atoms with Crippen molar-refractivity contribution in [2.75, 3.05) is 6.61 Å². The lowest BCUT2D eigenvalue weighted by atomic mass is 9.94. The van der Waals surface area contributed by atoms with Gasteiger partial charge >= 0.3 is 0 Å². The molecule has 1 heterocycles. The molecule has 1 aromatic heterocycles. The number of pyridine rings is 1. The van der Waals surface area contributed by atoms with E-state index in [-0.39, 0.29) is 11.3 Å². The SMILES string of the molecule is CCCCOc1ccc(C=CC(=O)c2c(-c3ccccc3)c3cc(Cl)ccc3[nH]c2=O)cc1. The minimum Gasteiger partial charge on any atom is -0.494 e. The Kier molecular flexibility index (Phi) is 7.06. The summed E-state index contributed by atoms with van der Waals surface area (Å²) in [4.78, 5) is 29.0. The lowest BCUT2D eigenvalue weighted by Gasteiger charge is -2.11. The van der Waals surface area contributed by atoms with Gasteiger partial charge in [-0.3, -0.25) is 9.59 Å². The summed E-state index contributed by atoms with van der Waals surface area (Å²) in [5.41, 5.74) is 2.48. The highest BCUT2D eigenvalue weighted by molar-refractivity contribution is 6.31. The fraction of sp³-hybridized carbons (Fsp3) is 0.143. The van der Waals surface area contributed by atoms with Crippen molar-refractivity contribution in [3.63, 3.8) is 0 Å². The lowest BCUT2D eigenvalue weighted by molar-refractivity contribution is 0.104. The number of halogens is 1. The monoisotopic (exact) mass is 457 g/mol. The number of nitrogens with one attached hydrogen (secondary N) is 1. The van der Waals surface area contributed by atoms with Crippen LogP contribution < -0.4 is 10.3 Å². The first kappa shape index (κ1) is 22.6. The second-order valence-corrected chi connectivity index (χ2v) is 8.17. The number of hydrogen-bond acceptors (Lipinski definition) is 3. The molecule has 0 atom stereocenters. The molecule has 0 saturated carbocycles. The lowest BCUT2D eigenvalue weighted by Crippen LogP contribution is -2.18. The highest BCUT2D eigenvalue weighted by Gasteiger charge is 2.19. The molecule has 5 heteroatoms. The second-order valence-electron chi connectivity index (χ2n) is 7.73. The van der Waals surface area contributed by atoms with Crippen LogP contribution in [0.5, 0.6) is 5.75 Å². The molecule has 33 heavy (non-hydrogen) atoms. The predicted octanol–water partition coefficient (Wildman–Crippen LogP) is 6.92. The summed E-state index contributed by atoms with van der Waals surface area (Å²) in [5.74, 6) is 0.418. The number of unbranched alkanes of at least 4 members (excludes halogenated alkanes) is 1. The van der Waals surface area contributed by atoms with Crippen LogP contribution in [0, 0.1) is 0 Å². The number of ether oxygens (including phenoxy) is 1. The molecule has 0 amide bonds. The van der Waals surface area contributed by atoms with E-state index in [9.17, 15) is 9.59 Å². The molecular weight excluding hydrogens is 434 g/mol. The van der Waals surface area contributed by atoms with Crippen molar-refractivity contribution >= 4 is 34.4 Å². The fourth-order valence-corrected chi connectivity index (χ4v) is 3.84. The van der Waals surface area contributed by atoms with Gasteiger partial charge in [0.1, 0.15) is 5.75 Å². The molecule has 0 bridgehead atoms. The topological polar surface area (TPSA) is 59.2 Å². The number of carbonyl (C=O) groups is 1. The van der Waals surface area contributed by atoms with Crippen LogP contribution in [0.15, 0.2) is 83.7 Å². The number of rotatable bonds is 8. The number of hydrogen-bond donors (Lipinski definition) is 1. The molecule has 3 aromatic carbocycles. The molecule has 1 N–H and O–H groups in total. The second kappa shape index (κ2) is 10.3. The van der Waals surface area contributed by atoms with E-state index in [0.717, 1.165) is 35.1 Å². The molecule has 0 spiro atoms. The van der Waals surface area contributed by atoms with Gasteiger partial charge in [-0.25, -0.2) is 0 Å². The first-order valence-electron chi connectivity index (χ1n) is 10.9. The number of carbonyl (C=O) groups excluding carboxylic acids is 1. The van der Waals surface area contributed by atoms with Crippen molar-refractivity contribution in [3.8, 4) is 16.9 Å². The molecule has 4 nitrogen and oxygen atoms in total. The third-order valence-electron chi connectivity index (χ3n) is 5.36. The van der Waals surface area contributed by atoms with Gasteiger partial charge < -0.3 is 9.72 Å². The summed E-state index contributed by atoms with van der Waals surface area (Å²) in [6.45, 7) is 2.80. The van der Waals surface area contributed by atoms with Gasteiger partial charge in [0.2, 0.25) is 0 Å². The molecule has 4 aromatic rings.